The number of rotatable bonds is 3. The number of nitriles is 1. The number of hydrogen-bond donors (Lipinski definition) is 1. The summed E-state index contributed by atoms with van der Waals surface area (Å²) in [4.78, 5) is -0.118. The summed E-state index contributed by atoms with van der Waals surface area (Å²) in [7, 11) is -3.74. The van der Waals surface area contributed by atoms with E-state index >= 15 is 0 Å². The van der Waals surface area contributed by atoms with Crippen LogP contribution < -0.4 is 4.72 Å². The molecule has 2 rings (SSSR count). The predicted octanol–water partition coefficient (Wildman–Crippen LogP) is 0.765. The van der Waals surface area contributed by atoms with Crippen molar-refractivity contribution in [3.05, 3.63) is 29.6 Å². The van der Waals surface area contributed by atoms with Gasteiger partial charge in [-0.15, -0.1) is 0 Å². The molecular weight excluding hydrogens is 259 g/mol. The van der Waals surface area contributed by atoms with Crippen LogP contribution in [0.25, 0.3) is 0 Å². The first kappa shape index (κ1) is 13.0. The Hall–Kier alpha value is -1.49. The predicted molar refractivity (Wildman–Crippen MR) is 60.7 cm³/mol. The number of hydrogen-bond acceptors (Lipinski definition) is 4. The molecule has 0 saturated carbocycles. The van der Waals surface area contributed by atoms with Crippen LogP contribution in [0, 0.1) is 17.1 Å². The highest BCUT2D eigenvalue weighted by Gasteiger charge is 2.24. The van der Waals surface area contributed by atoms with E-state index in [4.69, 9.17) is 10.00 Å². The Morgan fingerprint density at radius 3 is 2.89 bits per heavy atom. The van der Waals surface area contributed by atoms with Crippen molar-refractivity contribution < 1.29 is 17.5 Å². The van der Waals surface area contributed by atoms with Gasteiger partial charge in [0, 0.05) is 12.6 Å². The number of halogens is 1. The average Bonchev–Trinajstić information content (AvgIpc) is 2.81. The summed E-state index contributed by atoms with van der Waals surface area (Å²) in [6, 6.07) is 4.46. The summed E-state index contributed by atoms with van der Waals surface area (Å²) in [5.74, 6) is -0.736. The number of nitrogens with zero attached hydrogens (tertiary/aromatic N) is 1. The van der Waals surface area contributed by atoms with Gasteiger partial charge in [0.25, 0.3) is 0 Å². The monoisotopic (exact) mass is 270 g/mol. The van der Waals surface area contributed by atoms with E-state index in [0.29, 0.717) is 19.6 Å². The molecule has 1 fully saturated rings. The molecule has 18 heavy (non-hydrogen) atoms. The first-order valence-corrected chi connectivity index (χ1v) is 6.81. The summed E-state index contributed by atoms with van der Waals surface area (Å²) in [5.41, 5.74) is -0.291. The molecular formula is C11H11FN2O3S. The summed E-state index contributed by atoms with van der Waals surface area (Å²) in [5, 5.41) is 8.67. The van der Waals surface area contributed by atoms with Gasteiger partial charge < -0.3 is 4.74 Å². The molecule has 0 spiro atoms. The Kier molecular flexibility index (Phi) is 3.61. The molecule has 1 heterocycles. The number of nitrogens with one attached hydrogen (secondary N) is 1. The van der Waals surface area contributed by atoms with E-state index in [2.05, 4.69) is 4.72 Å². The van der Waals surface area contributed by atoms with Crippen LogP contribution in [-0.2, 0) is 14.8 Å². The van der Waals surface area contributed by atoms with E-state index in [1.165, 1.54) is 0 Å². The lowest BCUT2D eigenvalue weighted by Gasteiger charge is -2.11. The summed E-state index contributed by atoms with van der Waals surface area (Å²) >= 11 is 0. The largest absolute Gasteiger partial charge is 0.380 e. The van der Waals surface area contributed by atoms with E-state index in [-0.39, 0.29) is 16.5 Å². The van der Waals surface area contributed by atoms with Crippen LogP contribution >= 0.6 is 0 Å². The fourth-order valence-electron chi connectivity index (χ4n) is 1.67. The molecule has 1 aromatic rings. The molecule has 1 unspecified atom stereocenters. The second kappa shape index (κ2) is 5.02. The number of ether oxygens (including phenoxy) is 1. The van der Waals surface area contributed by atoms with Crippen LogP contribution in [0.3, 0.4) is 0 Å². The van der Waals surface area contributed by atoms with Crippen molar-refractivity contribution in [1.29, 1.82) is 5.26 Å². The second-order valence-corrected chi connectivity index (χ2v) is 5.65. The SMILES string of the molecule is N#Cc1cc(S(=O)(=O)NC2CCOC2)ccc1F. The molecule has 0 aromatic heterocycles. The first-order valence-electron chi connectivity index (χ1n) is 5.32. The molecule has 1 atom stereocenters. The smallest absolute Gasteiger partial charge is 0.240 e. The molecule has 0 bridgehead atoms. The van der Waals surface area contributed by atoms with Crippen molar-refractivity contribution in [2.24, 2.45) is 0 Å². The lowest BCUT2D eigenvalue weighted by molar-refractivity contribution is 0.192. The van der Waals surface area contributed by atoms with Crippen molar-refractivity contribution in [2.75, 3.05) is 13.2 Å². The highest BCUT2D eigenvalue weighted by molar-refractivity contribution is 7.89. The minimum Gasteiger partial charge on any atom is -0.380 e. The molecule has 7 heteroatoms. The van der Waals surface area contributed by atoms with Crippen molar-refractivity contribution in [2.45, 2.75) is 17.4 Å². The van der Waals surface area contributed by atoms with Gasteiger partial charge in [-0.1, -0.05) is 0 Å². The zero-order chi connectivity index (χ0) is 13.2. The third-order valence-electron chi connectivity index (χ3n) is 2.62. The average molecular weight is 270 g/mol. The zero-order valence-corrected chi connectivity index (χ0v) is 10.2. The van der Waals surface area contributed by atoms with Crippen LogP contribution in [0.5, 0.6) is 0 Å². The quantitative estimate of drug-likeness (QED) is 0.879. The highest BCUT2D eigenvalue weighted by atomic mass is 32.2. The topological polar surface area (TPSA) is 79.2 Å². The minimum absolute atomic E-state index is 0.118. The molecule has 0 amide bonds. The van der Waals surface area contributed by atoms with Gasteiger partial charge in [0.15, 0.2) is 0 Å². The van der Waals surface area contributed by atoms with Crippen LogP contribution in [0.4, 0.5) is 4.39 Å². The van der Waals surface area contributed by atoms with Crippen molar-refractivity contribution in [3.8, 4) is 6.07 Å². The molecule has 1 saturated heterocycles. The van der Waals surface area contributed by atoms with Gasteiger partial charge in [0.05, 0.1) is 17.1 Å². The normalized spacial score (nSPS) is 19.7. The zero-order valence-electron chi connectivity index (χ0n) is 9.39. The van der Waals surface area contributed by atoms with Crippen LogP contribution in [-0.4, -0.2) is 27.7 Å². The fourth-order valence-corrected chi connectivity index (χ4v) is 2.95. The molecule has 1 N–H and O–H groups in total. The standard InChI is InChI=1S/C11H11FN2O3S/c12-11-2-1-10(5-8(11)6-13)18(15,16)14-9-3-4-17-7-9/h1-2,5,9,14H,3-4,7H2. The van der Waals surface area contributed by atoms with E-state index in [0.717, 1.165) is 18.2 Å². The minimum atomic E-state index is -3.74. The fraction of sp³-hybridized carbons (Fsp3) is 0.364. The van der Waals surface area contributed by atoms with Crippen LogP contribution in [0.15, 0.2) is 23.1 Å². The summed E-state index contributed by atoms with van der Waals surface area (Å²) < 4.78 is 44.6. The van der Waals surface area contributed by atoms with Crippen LogP contribution in [0.2, 0.25) is 0 Å². The van der Waals surface area contributed by atoms with Crippen LogP contribution in [0.1, 0.15) is 12.0 Å². The van der Waals surface area contributed by atoms with Crippen molar-refractivity contribution >= 4 is 10.0 Å². The maximum absolute atomic E-state index is 13.1. The van der Waals surface area contributed by atoms with E-state index in [1.807, 2.05) is 0 Å². The lowest BCUT2D eigenvalue weighted by Crippen LogP contribution is -2.35. The Balaban J connectivity index is 2.27. The lowest BCUT2D eigenvalue weighted by atomic mass is 10.2. The van der Waals surface area contributed by atoms with Gasteiger partial charge in [-0.2, -0.15) is 5.26 Å². The molecule has 1 aliphatic heterocycles. The van der Waals surface area contributed by atoms with Gasteiger partial charge in [-0.25, -0.2) is 17.5 Å². The van der Waals surface area contributed by atoms with Gasteiger partial charge in [-0.3, -0.25) is 0 Å². The molecule has 1 aromatic carbocycles. The Morgan fingerprint density at radius 2 is 2.28 bits per heavy atom. The Morgan fingerprint density at radius 1 is 1.50 bits per heavy atom. The molecule has 5 nitrogen and oxygen atoms in total. The Labute approximate surface area is 104 Å². The van der Waals surface area contributed by atoms with E-state index in [1.54, 1.807) is 6.07 Å². The third-order valence-corrected chi connectivity index (χ3v) is 4.14. The van der Waals surface area contributed by atoms with Gasteiger partial charge >= 0.3 is 0 Å². The highest BCUT2D eigenvalue weighted by Crippen LogP contribution is 2.16. The number of sulfonamides is 1. The van der Waals surface area contributed by atoms with E-state index in [9.17, 15) is 12.8 Å². The summed E-state index contributed by atoms with van der Waals surface area (Å²) in [6.07, 6.45) is 0.603. The number of benzene rings is 1. The van der Waals surface area contributed by atoms with Crippen molar-refractivity contribution in [3.63, 3.8) is 0 Å². The second-order valence-electron chi connectivity index (χ2n) is 3.94. The van der Waals surface area contributed by atoms with E-state index < -0.39 is 15.8 Å². The van der Waals surface area contributed by atoms with Gasteiger partial charge in [0.2, 0.25) is 10.0 Å². The van der Waals surface area contributed by atoms with Gasteiger partial charge in [-0.05, 0) is 24.6 Å². The molecule has 96 valence electrons. The Bertz CT molecular complexity index is 589. The maximum Gasteiger partial charge on any atom is 0.240 e. The maximum atomic E-state index is 13.1. The van der Waals surface area contributed by atoms with Gasteiger partial charge in [0.1, 0.15) is 11.9 Å². The first-order chi connectivity index (χ1) is 8.53. The molecule has 1 aliphatic rings. The summed E-state index contributed by atoms with van der Waals surface area (Å²) in [6.45, 7) is 0.839. The molecule has 0 radical (unpaired) electrons. The van der Waals surface area contributed by atoms with Crippen molar-refractivity contribution in [1.82, 2.24) is 4.72 Å². The third kappa shape index (κ3) is 2.67. The molecule has 0 aliphatic carbocycles.